The highest BCUT2D eigenvalue weighted by molar-refractivity contribution is 7.90. The second-order valence-corrected chi connectivity index (χ2v) is 11.2. The zero-order valence-corrected chi connectivity index (χ0v) is 21.1. The maximum Gasteiger partial charge on any atom is 0.303 e. The van der Waals surface area contributed by atoms with Crippen molar-refractivity contribution in [1.29, 1.82) is 5.26 Å². The maximum absolute atomic E-state index is 13.1. The summed E-state index contributed by atoms with van der Waals surface area (Å²) in [4.78, 5) is 12.9. The number of anilines is 2. The van der Waals surface area contributed by atoms with Gasteiger partial charge in [-0.15, -0.1) is 0 Å². The van der Waals surface area contributed by atoms with Gasteiger partial charge in [0.15, 0.2) is 0 Å². The molecule has 10 nitrogen and oxygen atoms in total. The Bertz CT molecular complexity index is 1230. The third-order valence-electron chi connectivity index (χ3n) is 6.58. The molecule has 2 aromatic rings. The summed E-state index contributed by atoms with van der Waals surface area (Å²) in [6.07, 6.45) is 4.54. The summed E-state index contributed by atoms with van der Waals surface area (Å²) in [6, 6.07) is 8.14. The molecule has 1 aromatic heterocycles. The van der Waals surface area contributed by atoms with Crippen molar-refractivity contribution >= 4 is 33.2 Å². The van der Waals surface area contributed by atoms with Crippen LogP contribution in [0.4, 0.5) is 11.4 Å². The molecule has 1 atom stereocenters. The molecule has 2 saturated heterocycles. The molecule has 3 heterocycles. The summed E-state index contributed by atoms with van der Waals surface area (Å²) in [7, 11) is -2.27. The zero-order valence-electron chi connectivity index (χ0n) is 19.6. The van der Waals surface area contributed by atoms with E-state index in [9.17, 15) is 13.2 Å². The molecule has 2 fully saturated rings. The first kappa shape index (κ1) is 25.4. The second-order valence-electron chi connectivity index (χ2n) is 8.85. The van der Waals surface area contributed by atoms with Crippen LogP contribution >= 0.6 is 11.6 Å². The van der Waals surface area contributed by atoms with Gasteiger partial charge in [0.05, 0.1) is 41.9 Å². The lowest BCUT2D eigenvalue weighted by Gasteiger charge is -2.34. The zero-order chi connectivity index (χ0) is 25.0. The fourth-order valence-electron chi connectivity index (χ4n) is 4.42. The van der Waals surface area contributed by atoms with Crippen LogP contribution in [0.5, 0.6) is 0 Å². The largest absolute Gasteiger partial charge is 0.382 e. The normalized spacial score (nSPS) is 19.7. The number of nitrogens with zero attached hydrogens (tertiary/aromatic N) is 5. The van der Waals surface area contributed by atoms with E-state index >= 15 is 0 Å². The van der Waals surface area contributed by atoms with Gasteiger partial charge in [-0.3, -0.25) is 9.10 Å². The van der Waals surface area contributed by atoms with Gasteiger partial charge >= 0.3 is 10.2 Å². The molecule has 0 bridgehead atoms. The number of piperidine rings is 1. The van der Waals surface area contributed by atoms with E-state index in [1.807, 2.05) is 6.07 Å². The van der Waals surface area contributed by atoms with Crippen molar-refractivity contribution in [2.24, 2.45) is 5.92 Å². The monoisotopic (exact) mass is 520 g/mol. The molecule has 35 heavy (non-hydrogen) atoms. The first-order chi connectivity index (χ1) is 16.8. The van der Waals surface area contributed by atoms with E-state index in [0.717, 1.165) is 19.4 Å². The topological polar surface area (TPSA) is 121 Å². The Morgan fingerprint density at radius 3 is 2.60 bits per heavy atom. The Balaban J connectivity index is 1.39. The van der Waals surface area contributed by atoms with Crippen molar-refractivity contribution in [3.63, 3.8) is 0 Å². The number of benzene rings is 1. The van der Waals surface area contributed by atoms with Gasteiger partial charge in [-0.25, -0.2) is 4.68 Å². The summed E-state index contributed by atoms with van der Waals surface area (Å²) in [5.74, 6) is 0.371. The van der Waals surface area contributed by atoms with Gasteiger partial charge in [-0.05, 0) is 55.9 Å². The standard InChI is InChI=1S/C23H29ClN6O4S/c1-28(19-6-4-17(13-25)5-7-19)35(32,33)29-10-8-20(9-11-29)30-23(31)22(24)21(15-27-30)26-14-18-3-2-12-34-16-18/h4-7,15,18,20,26H,2-3,8-12,14,16H2,1H3/t18-/m0/s1. The van der Waals surface area contributed by atoms with Crippen LogP contribution < -0.4 is 15.2 Å². The Labute approximate surface area is 210 Å². The fourth-order valence-corrected chi connectivity index (χ4v) is 6.03. The molecule has 12 heteroatoms. The molecule has 2 aliphatic heterocycles. The van der Waals surface area contributed by atoms with Crippen LogP contribution in [0, 0.1) is 17.2 Å². The van der Waals surface area contributed by atoms with Crippen LogP contribution in [0.1, 0.15) is 37.3 Å². The van der Waals surface area contributed by atoms with Crippen molar-refractivity contribution in [2.45, 2.75) is 31.7 Å². The molecule has 0 amide bonds. The number of rotatable bonds is 7. The summed E-state index contributed by atoms with van der Waals surface area (Å²) >= 11 is 6.37. The Morgan fingerprint density at radius 2 is 1.97 bits per heavy atom. The van der Waals surface area contributed by atoms with Gasteiger partial charge in [0.2, 0.25) is 0 Å². The average Bonchev–Trinajstić information content (AvgIpc) is 2.90. The van der Waals surface area contributed by atoms with Gasteiger partial charge < -0.3 is 10.1 Å². The van der Waals surface area contributed by atoms with E-state index in [-0.39, 0.29) is 29.7 Å². The summed E-state index contributed by atoms with van der Waals surface area (Å²) in [6.45, 7) is 2.65. The van der Waals surface area contributed by atoms with E-state index in [0.29, 0.717) is 48.8 Å². The molecule has 2 aliphatic rings. The number of nitriles is 1. The first-order valence-electron chi connectivity index (χ1n) is 11.6. The van der Waals surface area contributed by atoms with Gasteiger partial charge in [0, 0.05) is 33.3 Å². The third-order valence-corrected chi connectivity index (χ3v) is 8.87. The molecule has 188 valence electrons. The number of halogens is 1. The van der Waals surface area contributed by atoms with Crippen LogP contribution in [0.15, 0.2) is 35.3 Å². The van der Waals surface area contributed by atoms with Crippen molar-refractivity contribution in [1.82, 2.24) is 14.1 Å². The highest BCUT2D eigenvalue weighted by Crippen LogP contribution is 2.27. The van der Waals surface area contributed by atoms with Crippen LogP contribution in [0.25, 0.3) is 0 Å². The number of aromatic nitrogens is 2. The van der Waals surface area contributed by atoms with Gasteiger partial charge in [-0.1, -0.05) is 11.6 Å². The van der Waals surface area contributed by atoms with Crippen LogP contribution in [-0.4, -0.2) is 62.4 Å². The molecule has 0 aliphatic carbocycles. The first-order valence-corrected chi connectivity index (χ1v) is 13.4. The molecule has 1 N–H and O–H groups in total. The highest BCUT2D eigenvalue weighted by atomic mass is 35.5. The minimum atomic E-state index is -3.75. The Hall–Kier alpha value is -2.65. The summed E-state index contributed by atoms with van der Waals surface area (Å²) in [5, 5.41) is 16.6. The van der Waals surface area contributed by atoms with E-state index < -0.39 is 10.2 Å². The summed E-state index contributed by atoms with van der Waals surface area (Å²) < 4.78 is 35.7. The van der Waals surface area contributed by atoms with Crippen molar-refractivity contribution in [2.75, 3.05) is 49.5 Å². The third kappa shape index (κ3) is 5.62. The van der Waals surface area contributed by atoms with E-state index in [2.05, 4.69) is 10.4 Å². The SMILES string of the molecule is CN(c1ccc(C#N)cc1)S(=O)(=O)N1CCC(n2ncc(NC[C@@H]3CCCOC3)c(Cl)c2=O)CC1. The number of nitrogens with one attached hydrogen (secondary N) is 1. The lowest BCUT2D eigenvalue weighted by Crippen LogP contribution is -2.47. The molecule has 0 unspecified atom stereocenters. The quantitative estimate of drug-likeness (QED) is 0.595. The molecular weight excluding hydrogens is 492 g/mol. The Kier molecular flexibility index (Phi) is 7.96. The van der Waals surface area contributed by atoms with E-state index in [4.69, 9.17) is 21.6 Å². The number of hydrogen-bond acceptors (Lipinski definition) is 7. The number of ether oxygens (including phenoxy) is 1. The molecule has 0 radical (unpaired) electrons. The molecule has 1 aromatic carbocycles. The smallest absolute Gasteiger partial charge is 0.303 e. The number of hydrogen-bond donors (Lipinski definition) is 1. The fraction of sp³-hybridized carbons (Fsp3) is 0.522. The van der Waals surface area contributed by atoms with Crippen LogP contribution in [-0.2, 0) is 14.9 Å². The van der Waals surface area contributed by atoms with E-state index in [1.54, 1.807) is 30.5 Å². The molecule has 0 spiro atoms. The predicted molar refractivity (Wildman–Crippen MR) is 134 cm³/mol. The minimum Gasteiger partial charge on any atom is -0.382 e. The Morgan fingerprint density at radius 1 is 1.26 bits per heavy atom. The van der Waals surface area contributed by atoms with Crippen molar-refractivity contribution < 1.29 is 13.2 Å². The molecule has 4 rings (SSSR count). The van der Waals surface area contributed by atoms with E-state index in [1.165, 1.54) is 20.3 Å². The van der Waals surface area contributed by atoms with Crippen molar-refractivity contribution in [3.05, 3.63) is 51.4 Å². The summed E-state index contributed by atoms with van der Waals surface area (Å²) in [5.41, 5.74) is 1.05. The van der Waals surface area contributed by atoms with Crippen molar-refractivity contribution in [3.8, 4) is 6.07 Å². The highest BCUT2D eigenvalue weighted by Gasteiger charge is 2.33. The van der Waals surface area contributed by atoms with Crippen LogP contribution in [0.3, 0.4) is 0 Å². The average molecular weight is 521 g/mol. The van der Waals surface area contributed by atoms with Gasteiger partial charge in [0.25, 0.3) is 5.56 Å². The van der Waals surface area contributed by atoms with Gasteiger partial charge in [0.1, 0.15) is 5.02 Å². The maximum atomic E-state index is 13.1. The van der Waals surface area contributed by atoms with Gasteiger partial charge in [-0.2, -0.15) is 23.1 Å². The predicted octanol–water partition coefficient (Wildman–Crippen LogP) is 2.62. The van der Waals surface area contributed by atoms with Crippen LogP contribution in [0.2, 0.25) is 5.02 Å². The lowest BCUT2D eigenvalue weighted by atomic mass is 10.0. The molecule has 0 saturated carbocycles. The molecular formula is C23H29ClN6O4S. The lowest BCUT2D eigenvalue weighted by molar-refractivity contribution is 0.0595. The second kappa shape index (κ2) is 11.0. The minimum absolute atomic E-state index is 0.0901.